The number of methoxy groups -OCH3 is 2. The third-order valence-electron chi connectivity index (χ3n) is 4.40. The van der Waals surface area contributed by atoms with Crippen LogP contribution in [0.15, 0.2) is 65.3 Å². The highest BCUT2D eigenvalue weighted by atomic mass is 16.6. The fraction of sp³-hybridized carbons (Fsp3) is 0.174. The Morgan fingerprint density at radius 1 is 0.909 bits per heavy atom. The van der Waals surface area contributed by atoms with Crippen molar-refractivity contribution in [1.82, 2.24) is 5.32 Å². The van der Waals surface area contributed by atoms with Gasteiger partial charge in [0, 0.05) is 16.9 Å². The molecule has 33 heavy (non-hydrogen) atoms. The van der Waals surface area contributed by atoms with Crippen molar-refractivity contribution in [3.63, 3.8) is 0 Å². The zero-order valence-electron chi connectivity index (χ0n) is 18.0. The maximum atomic E-state index is 12.6. The fourth-order valence-corrected chi connectivity index (χ4v) is 2.72. The Labute approximate surface area is 189 Å². The first kappa shape index (κ1) is 23.2. The van der Waals surface area contributed by atoms with Gasteiger partial charge in [-0.05, 0) is 54.6 Å². The van der Waals surface area contributed by atoms with E-state index >= 15 is 0 Å². The van der Waals surface area contributed by atoms with Gasteiger partial charge < -0.3 is 34.6 Å². The summed E-state index contributed by atoms with van der Waals surface area (Å²) in [7, 11) is 2.69. The highest BCUT2D eigenvalue weighted by molar-refractivity contribution is 6.04. The molecule has 0 unspecified atom stereocenters. The SMILES string of the molecule is COC(=O)COc1ccc(C(=O)Nc2ccc(NC(=O)NCc3ccco3)cc2)cc1OC. The monoisotopic (exact) mass is 453 g/mol. The molecular formula is C23H23N3O7. The summed E-state index contributed by atoms with van der Waals surface area (Å²) in [6, 6.07) is 14.3. The lowest BCUT2D eigenvalue weighted by atomic mass is 10.1. The maximum Gasteiger partial charge on any atom is 0.343 e. The molecule has 3 rings (SSSR count). The third kappa shape index (κ3) is 6.76. The molecule has 0 radical (unpaired) electrons. The topological polar surface area (TPSA) is 128 Å². The van der Waals surface area contributed by atoms with E-state index in [4.69, 9.17) is 13.9 Å². The predicted molar refractivity (Wildman–Crippen MR) is 119 cm³/mol. The lowest BCUT2D eigenvalue weighted by molar-refractivity contribution is -0.142. The van der Waals surface area contributed by atoms with Gasteiger partial charge in [0.15, 0.2) is 18.1 Å². The van der Waals surface area contributed by atoms with E-state index in [1.807, 2.05) is 0 Å². The Bertz CT molecular complexity index is 1100. The third-order valence-corrected chi connectivity index (χ3v) is 4.40. The average Bonchev–Trinajstić information content (AvgIpc) is 3.36. The first-order valence-corrected chi connectivity index (χ1v) is 9.85. The lowest BCUT2D eigenvalue weighted by Gasteiger charge is -2.12. The van der Waals surface area contributed by atoms with Crippen LogP contribution >= 0.6 is 0 Å². The van der Waals surface area contributed by atoms with Crippen molar-refractivity contribution in [3.8, 4) is 11.5 Å². The molecule has 3 N–H and O–H groups in total. The Balaban J connectivity index is 1.55. The molecule has 0 bridgehead atoms. The van der Waals surface area contributed by atoms with Crippen molar-refractivity contribution >= 4 is 29.3 Å². The standard InChI is InChI=1S/C23H23N3O7/c1-30-20-12-15(5-10-19(20)33-14-21(27)31-2)22(28)25-16-6-8-17(9-7-16)26-23(29)24-13-18-4-3-11-32-18/h3-12H,13-14H2,1-2H3,(H,25,28)(H2,24,26,29). The second-order valence-corrected chi connectivity index (χ2v) is 6.65. The molecule has 172 valence electrons. The molecule has 2 aromatic carbocycles. The number of amides is 3. The summed E-state index contributed by atoms with van der Waals surface area (Å²) in [6.07, 6.45) is 1.53. The van der Waals surface area contributed by atoms with Gasteiger partial charge in [0.1, 0.15) is 5.76 Å². The number of hydrogen-bond acceptors (Lipinski definition) is 7. The summed E-state index contributed by atoms with van der Waals surface area (Å²) in [5.41, 5.74) is 1.42. The Morgan fingerprint density at radius 3 is 2.27 bits per heavy atom. The fourth-order valence-electron chi connectivity index (χ4n) is 2.72. The molecule has 10 nitrogen and oxygen atoms in total. The van der Waals surface area contributed by atoms with E-state index in [9.17, 15) is 14.4 Å². The Kier molecular flexibility index (Phi) is 7.90. The molecule has 3 aromatic rings. The first-order chi connectivity index (χ1) is 16.0. The maximum absolute atomic E-state index is 12.6. The number of benzene rings is 2. The van der Waals surface area contributed by atoms with Crippen LogP contribution in [0.4, 0.5) is 16.2 Å². The van der Waals surface area contributed by atoms with Gasteiger partial charge in [-0.15, -0.1) is 0 Å². The zero-order chi connectivity index (χ0) is 23.6. The van der Waals surface area contributed by atoms with E-state index in [1.54, 1.807) is 42.5 Å². The molecule has 0 spiro atoms. The summed E-state index contributed by atoms with van der Waals surface area (Å²) in [6.45, 7) is -0.0113. The normalized spacial score (nSPS) is 10.1. The molecular weight excluding hydrogens is 430 g/mol. The molecule has 0 aliphatic rings. The summed E-state index contributed by atoms with van der Waals surface area (Å²) >= 11 is 0. The Hall–Kier alpha value is -4.47. The van der Waals surface area contributed by atoms with Gasteiger partial charge in [-0.1, -0.05) is 0 Å². The number of esters is 1. The van der Waals surface area contributed by atoms with Crippen LogP contribution in [0.5, 0.6) is 11.5 Å². The smallest absolute Gasteiger partial charge is 0.343 e. The van der Waals surface area contributed by atoms with Crippen LogP contribution in [-0.2, 0) is 16.1 Å². The van der Waals surface area contributed by atoms with E-state index in [0.29, 0.717) is 34.2 Å². The van der Waals surface area contributed by atoms with E-state index in [-0.39, 0.29) is 25.1 Å². The molecule has 1 heterocycles. The number of carbonyl (C=O) groups is 3. The van der Waals surface area contributed by atoms with E-state index in [1.165, 1.54) is 32.6 Å². The number of ether oxygens (including phenoxy) is 3. The number of nitrogens with one attached hydrogen (secondary N) is 3. The first-order valence-electron chi connectivity index (χ1n) is 9.85. The molecule has 1 aromatic heterocycles. The second kappa shape index (κ2) is 11.2. The van der Waals surface area contributed by atoms with Crippen molar-refractivity contribution in [2.75, 3.05) is 31.5 Å². The van der Waals surface area contributed by atoms with Gasteiger partial charge in [0.25, 0.3) is 5.91 Å². The molecule has 10 heteroatoms. The number of hydrogen-bond donors (Lipinski definition) is 3. The van der Waals surface area contributed by atoms with Gasteiger partial charge in [-0.2, -0.15) is 0 Å². The summed E-state index contributed by atoms with van der Waals surface area (Å²) in [5.74, 6) is 0.339. The van der Waals surface area contributed by atoms with Gasteiger partial charge in [0.2, 0.25) is 0 Å². The van der Waals surface area contributed by atoms with Crippen LogP contribution in [-0.4, -0.2) is 38.7 Å². The molecule has 0 fully saturated rings. The highest BCUT2D eigenvalue weighted by Gasteiger charge is 2.13. The zero-order valence-corrected chi connectivity index (χ0v) is 18.0. The molecule has 0 saturated heterocycles. The summed E-state index contributed by atoms with van der Waals surface area (Å²) < 4.78 is 20.3. The molecule has 0 atom stereocenters. The minimum atomic E-state index is -0.535. The summed E-state index contributed by atoms with van der Waals surface area (Å²) in [5, 5.41) is 8.13. The van der Waals surface area contributed by atoms with Crippen LogP contribution in [0.2, 0.25) is 0 Å². The molecule has 3 amide bonds. The lowest BCUT2D eigenvalue weighted by Crippen LogP contribution is -2.27. The largest absolute Gasteiger partial charge is 0.493 e. The van der Waals surface area contributed by atoms with Crippen molar-refractivity contribution in [2.45, 2.75) is 6.54 Å². The van der Waals surface area contributed by atoms with Gasteiger partial charge in [-0.3, -0.25) is 4.79 Å². The van der Waals surface area contributed by atoms with Crippen molar-refractivity contribution in [1.29, 1.82) is 0 Å². The van der Waals surface area contributed by atoms with E-state index in [0.717, 1.165) is 0 Å². The number of carbonyl (C=O) groups excluding carboxylic acids is 3. The van der Waals surface area contributed by atoms with Crippen molar-refractivity contribution < 1.29 is 33.0 Å². The Morgan fingerprint density at radius 2 is 1.64 bits per heavy atom. The van der Waals surface area contributed by atoms with Crippen LogP contribution in [0.3, 0.4) is 0 Å². The van der Waals surface area contributed by atoms with Crippen molar-refractivity contribution in [3.05, 3.63) is 72.2 Å². The van der Waals surface area contributed by atoms with E-state index < -0.39 is 5.97 Å². The highest BCUT2D eigenvalue weighted by Crippen LogP contribution is 2.28. The summed E-state index contributed by atoms with van der Waals surface area (Å²) in [4.78, 5) is 35.8. The molecule has 0 aliphatic heterocycles. The van der Waals surface area contributed by atoms with Crippen LogP contribution in [0, 0.1) is 0 Å². The number of anilines is 2. The number of urea groups is 1. The molecule has 0 aliphatic carbocycles. The van der Waals surface area contributed by atoms with Crippen LogP contribution in [0.25, 0.3) is 0 Å². The number of rotatable bonds is 9. The predicted octanol–water partition coefficient (Wildman–Crippen LogP) is 3.41. The quantitative estimate of drug-likeness (QED) is 0.424. The van der Waals surface area contributed by atoms with Gasteiger partial charge >= 0.3 is 12.0 Å². The minimum absolute atomic E-state index is 0.267. The number of furan rings is 1. The van der Waals surface area contributed by atoms with Crippen molar-refractivity contribution in [2.24, 2.45) is 0 Å². The van der Waals surface area contributed by atoms with Crippen LogP contribution < -0.4 is 25.4 Å². The van der Waals surface area contributed by atoms with Crippen LogP contribution in [0.1, 0.15) is 16.1 Å². The minimum Gasteiger partial charge on any atom is -0.493 e. The van der Waals surface area contributed by atoms with E-state index in [2.05, 4.69) is 20.7 Å². The average molecular weight is 453 g/mol. The molecule has 0 saturated carbocycles. The van der Waals surface area contributed by atoms with Gasteiger partial charge in [-0.25, -0.2) is 9.59 Å². The van der Waals surface area contributed by atoms with Gasteiger partial charge in [0.05, 0.1) is 27.0 Å². The second-order valence-electron chi connectivity index (χ2n) is 6.65.